The summed E-state index contributed by atoms with van der Waals surface area (Å²) < 4.78 is 1.09. The van der Waals surface area contributed by atoms with E-state index in [9.17, 15) is 4.79 Å². The summed E-state index contributed by atoms with van der Waals surface area (Å²) in [6.45, 7) is 0. The Hall–Kier alpha value is -2.21. The molecule has 0 aliphatic carbocycles. The maximum Gasteiger partial charge on any atom is 0.244 e. The van der Waals surface area contributed by atoms with Gasteiger partial charge in [-0.25, -0.2) is 5.43 Å². The van der Waals surface area contributed by atoms with Crippen molar-refractivity contribution in [2.24, 2.45) is 5.10 Å². The van der Waals surface area contributed by atoms with E-state index in [-0.39, 0.29) is 5.91 Å². The molecule has 0 fully saturated rings. The zero-order chi connectivity index (χ0) is 16.1. The topological polar surface area (TPSA) is 41.5 Å². The minimum atomic E-state index is -0.122. The Morgan fingerprint density at radius 2 is 1.74 bits per heavy atom. The van der Waals surface area contributed by atoms with Gasteiger partial charge in [-0.1, -0.05) is 60.7 Å². The molecule has 0 aliphatic heterocycles. The predicted octanol–water partition coefficient (Wildman–Crippen LogP) is 4.14. The molecule has 1 N–H and O–H groups in total. The fourth-order valence-corrected chi connectivity index (χ4v) is 2.94. The summed E-state index contributed by atoms with van der Waals surface area (Å²) >= 11 is 2.24. The van der Waals surface area contributed by atoms with E-state index in [2.05, 4.69) is 33.1 Å². The average molecular weight is 414 g/mol. The molecule has 3 aromatic carbocycles. The number of hydrogen-bond donors (Lipinski definition) is 1. The highest BCUT2D eigenvalue weighted by Gasteiger charge is 2.05. The largest absolute Gasteiger partial charge is 0.273 e. The lowest BCUT2D eigenvalue weighted by Gasteiger charge is -2.05. The van der Waals surface area contributed by atoms with E-state index < -0.39 is 0 Å². The van der Waals surface area contributed by atoms with E-state index in [1.165, 1.54) is 0 Å². The summed E-state index contributed by atoms with van der Waals surface area (Å²) in [4.78, 5) is 12.1. The molecular weight excluding hydrogens is 399 g/mol. The molecule has 0 unspecified atom stereocenters. The van der Waals surface area contributed by atoms with Crippen LogP contribution in [-0.4, -0.2) is 12.1 Å². The van der Waals surface area contributed by atoms with Gasteiger partial charge in [0.15, 0.2) is 0 Å². The first-order valence-corrected chi connectivity index (χ1v) is 8.35. The van der Waals surface area contributed by atoms with Gasteiger partial charge in [-0.15, -0.1) is 0 Å². The molecule has 3 rings (SSSR count). The molecule has 3 aromatic rings. The third-order valence-electron chi connectivity index (χ3n) is 3.53. The number of fused-ring (bicyclic) bond motifs is 1. The zero-order valence-corrected chi connectivity index (χ0v) is 14.5. The second kappa shape index (κ2) is 7.37. The third kappa shape index (κ3) is 3.96. The molecular formula is C19H15IN2O. The van der Waals surface area contributed by atoms with Crippen molar-refractivity contribution < 1.29 is 4.79 Å². The van der Waals surface area contributed by atoms with Gasteiger partial charge in [-0.3, -0.25) is 4.79 Å². The van der Waals surface area contributed by atoms with Gasteiger partial charge in [-0.2, -0.15) is 5.10 Å². The zero-order valence-electron chi connectivity index (χ0n) is 12.4. The molecule has 0 atom stereocenters. The van der Waals surface area contributed by atoms with Crippen molar-refractivity contribution in [2.45, 2.75) is 6.42 Å². The van der Waals surface area contributed by atoms with E-state index in [0.29, 0.717) is 6.42 Å². The number of benzene rings is 3. The van der Waals surface area contributed by atoms with Crippen LogP contribution in [0.2, 0.25) is 0 Å². The van der Waals surface area contributed by atoms with Crippen molar-refractivity contribution in [1.29, 1.82) is 0 Å². The van der Waals surface area contributed by atoms with Crippen LogP contribution in [0.15, 0.2) is 71.8 Å². The Balaban J connectivity index is 1.69. The van der Waals surface area contributed by atoms with Crippen LogP contribution in [0.25, 0.3) is 10.8 Å². The van der Waals surface area contributed by atoms with Gasteiger partial charge < -0.3 is 0 Å². The number of rotatable bonds is 4. The highest BCUT2D eigenvalue weighted by molar-refractivity contribution is 14.1. The van der Waals surface area contributed by atoms with E-state index in [1.807, 2.05) is 66.7 Å². The van der Waals surface area contributed by atoms with Crippen LogP contribution in [0.4, 0.5) is 0 Å². The predicted molar refractivity (Wildman–Crippen MR) is 103 cm³/mol. The monoisotopic (exact) mass is 414 g/mol. The Morgan fingerprint density at radius 3 is 2.61 bits per heavy atom. The molecule has 0 radical (unpaired) electrons. The van der Waals surface area contributed by atoms with Gasteiger partial charge >= 0.3 is 0 Å². The smallest absolute Gasteiger partial charge is 0.244 e. The Morgan fingerprint density at radius 1 is 1.00 bits per heavy atom. The van der Waals surface area contributed by atoms with Gasteiger partial charge in [0.1, 0.15) is 0 Å². The summed E-state index contributed by atoms with van der Waals surface area (Å²) in [5.74, 6) is -0.122. The molecule has 0 bridgehead atoms. The van der Waals surface area contributed by atoms with Crippen LogP contribution >= 0.6 is 22.6 Å². The maximum atomic E-state index is 12.1. The molecule has 0 saturated heterocycles. The molecule has 0 aliphatic rings. The summed E-state index contributed by atoms with van der Waals surface area (Å²) in [5, 5.41) is 6.29. The number of amides is 1. The van der Waals surface area contributed by atoms with Gasteiger partial charge in [0.25, 0.3) is 0 Å². The first-order chi connectivity index (χ1) is 11.2. The number of hydrazone groups is 1. The summed E-state index contributed by atoms with van der Waals surface area (Å²) in [5.41, 5.74) is 4.59. The van der Waals surface area contributed by atoms with Crippen LogP contribution in [0.5, 0.6) is 0 Å². The van der Waals surface area contributed by atoms with Gasteiger partial charge in [0.05, 0.1) is 12.6 Å². The normalized spacial score (nSPS) is 11.0. The Kier molecular flexibility index (Phi) is 5.02. The van der Waals surface area contributed by atoms with Gasteiger partial charge in [0, 0.05) is 9.13 Å². The number of halogens is 1. The summed E-state index contributed by atoms with van der Waals surface area (Å²) in [6, 6.07) is 21.9. The second-order valence-electron chi connectivity index (χ2n) is 5.13. The minimum Gasteiger partial charge on any atom is -0.273 e. The number of carbonyl (C=O) groups is 1. The van der Waals surface area contributed by atoms with Gasteiger partial charge in [-0.05, 0) is 45.0 Å². The van der Waals surface area contributed by atoms with Crippen LogP contribution in [0, 0.1) is 3.57 Å². The molecule has 0 saturated carbocycles. The van der Waals surface area contributed by atoms with E-state index in [4.69, 9.17) is 0 Å². The van der Waals surface area contributed by atoms with Crippen LogP contribution in [-0.2, 0) is 11.2 Å². The molecule has 4 heteroatoms. The van der Waals surface area contributed by atoms with Gasteiger partial charge in [0.2, 0.25) is 5.91 Å². The molecule has 0 spiro atoms. The fourth-order valence-electron chi connectivity index (χ4n) is 2.41. The number of hydrogen-bond acceptors (Lipinski definition) is 2. The van der Waals surface area contributed by atoms with E-state index >= 15 is 0 Å². The Bertz CT molecular complexity index is 869. The van der Waals surface area contributed by atoms with Crippen molar-refractivity contribution in [3.8, 4) is 0 Å². The molecule has 1 amide bonds. The minimum absolute atomic E-state index is 0.122. The number of nitrogens with zero attached hydrogens (tertiary/aromatic N) is 1. The van der Waals surface area contributed by atoms with Crippen molar-refractivity contribution in [3.05, 3.63) is 81.4 Å². The van der Waals surface area contributed by atoms with Crippen LogP contribution in [0.1, 0.15) is 11.1 Å². The summed E-state index contributed by atoms with van der Waals surface area (Å²) in [7, 11) is 0. The van der Waals surface area contributed by atoms with E-state index in [0.717, 1.165) is 25.5 Å². The SMILES string of the molecule is O=C(Cc1cccc2ccccc12)NN=Cc1ccccc1I. The molecule has 3 nitrogen and oxygen atoms in total. The molecule has 23 heavy (non-hydrogen) atoms. The Labute approximate surface area is 148 Å². The average Bonchev–Trinajstić information content (AvgIpc) is 2.57. The maximum absolute atomic E-state index is 12.1. The first-order valence-electron chi connectivity index (χ1n) is 7.27. The first kappa shape index (κ1) is 15.7. The standard InChI is InChI=1S/C19H15IN2O/c20-18-11-4-2-7-16(18)13-21-22-19(23)12-15-9-5-8-14-6-1-3-10-17(14)15/h1-11,13H,12H2,(H,22,23). The van der Waals surface area contributed by atoms with Crippen LogP contribution in [0.3, 0.4) is 0 Å². The van der Waals surface area contributed by atoms with Crippen molar-refractivity contribution in [3.63, 3.8) is 0 Å². The number of carbonyl (C=O) groups excluding carboxylic acids is 1. The van der Waals surface area contributed by atoms with Crippen LogP contribution < -0.4 is 5.43 Å². The van der Waals surface area contributed by atoms with Crippen molar-refractivity contribution >= 4 is 45.5 Å². The van der Waals surface area contributed by atoms with E-state index in [1.54, 1.807) is 6.21 Å². The van der Waals surface area contributed by atoms with Crippen molar-refractivity contribution in [2.75, 3.05) is 0 Å². The third-order valence-corrected chi connectivity index (χ3v) is 4.51. The lowest BCUT2D eigenvalue weighted by atomic mass is 10.0. The summed E-state index contributed by atoms with van der Waals surface area (Å²) in [6.07, 6.45) is 1.98. The highest BCUT2D eigenvalue weighted by Crippen LogP contribution is 2.18. The highest BCUT2D eigenvalue weighted by atomic mass is 127. The molecule has 0 aromatic heterocycles. The quantitative estimate of drug-likeness (QED) is 0.389. The lowest BCUT2D eigenvalue weighted by Crippen LogP contribution is -2.20. The fraction of sp³-hybridized carbons (Fsp3) is 0.0526. The number of nitrogens with one attached hydrogen (secondary N) is 1. The second-order valence-corrected chi connectivity index (χ2v) is 6.29. The lowest BCUT2D eigenvalue weighted by molar-refractivity contribution is -0.120. The molecule has 114 valence electrons. The van der Waals surface area contributed by atoms with Crippen molar-refractivity contribution in [1.82, 2.24) is 5.43 Å². The molecule has 0 heterocycles.